The van der Waals surface area contributed by atoms with Crippen LogP contribution in [0, 0.1) is 0 Å². The first-order valence-electron chi connectivity index (χ1n) is 5.67. The molecular formula is C14H16O4. The highest BCUT2D eigenvalue weighted by Crippen LogP contribution is 2.18. The molecule has 0 heterocycles. The van der Waals surface area contributed by atoms with Crippen LogP contribution in [0.15, 0.2) is 36.9 Å². The van der Waals surface area contributed by atoms with Gasteiger partial charge in [0, 0.05) is 12.5 Å². The van der Waals surface area contributed by atoms with E-state index >= 15 is 0 Å². The lowest BCUT2D eigenvalue weighted by Crippen LogP contribution is -2.08. The molecule has 0 spiro atoms. The number of hydrogen-bond donors (Lipinski definition) is 0. The molecule has 0 unspecified atom stereocenters. The zero-order valence-corrected chi connectivity index (χ0v) is 10.3. The summed E-state index contributed by atoms with van der Waals surface area (Å²) in [6.45, 7) is 5.44. The van der Waals surface area contributed by atoms with Gasteiger partial charge in [-0.05, 0) is 19.1 Å². The predicted molar refractivity (Wildman–Crippen MR) is 67.7 cm³/mol. The highest BCUT2D eigenvalue weighted by atomic mass is 16.5. The molecule has 96 valence electrons. The molecule has 18 heavy (non-hydrogen) atoms. The van der Waals surface area contributed by atoms with E-state index in [1.165, 1.54) is 6.92 Å². The summed E-state index contributed by atoms with van der Waals surface area (Å²) in [5, 5.41) is 0. The molecule has 1 aromatic rings. The Bertz CT molecular complexity index is 437. The Balaban J connectivity index is 2.37. The van der Waals surface area contributed by atoms with Crippen LogP contribution in [-0.2, 0) is 9.53 Å². The summed E-state index contributed by atoms with van der Waals surface area (Å²) in [4.78, 5) is 22.1. The highest BCUT2D eigenvalue weighted by molar-refractivity contribution is 5.96. The van der Waals surface area contributed by atoms with Crippen LogP contribution in [0.4, 0.5) is 0 Å². The van der Waals surface area contributed by atoms with Gasteiger partial charge in [0.25, 0.3) is 0 Å². The lowest BCUT2D eigenvalue weighted by Gasteiger charge is -2.09. The highest BCUT2D eigenvalue weighted by Gasteiger charge is 2.06. The number of esters is 1. The van der Waals surface area contributed by atoms with E-state index in [4.69, 9.17) is 9.47 Å². The number of benzene rings is 1. The van der Waals surface area contributed by atoms with E-state index in [0.717, 1.165) is 6.08 Å². The van der Waals surface area contributed by atoms with Crippen LogP contribution in [0.25, 0.3) is 0 Å². The van der Waals surface area contributed by atoms with E-state index in [2.05, 4.69) is 6.58 Å². The zero-order chi connectivity index (χ0) is 13.4. The topological polar surface area (TPSA) is 52.6 Å². The first-order chi connectivity index (χ1) is 8.65. The molecule has 0 saturated heterocycles. The molecular weight excluding hydrogens is 232 g/mol. The van der Waals surface area contributed by atoms with Gasteiger partial charge in [0.2, 0.25) is 0 Å². The smallest absolute Gasteiger partial charge is 0.330 e. The fraction of sp³-hybridized carbons (Fsp3) is 0.286. The number of hydrogen-bond acceptors (Lipinski definition) is 4. The quantitative estimate of drug-likeness (QED) is 0.322. The van der Waals surface area contributed by atoms with Crippen molar-refractivity contribution in [2.45, 2.75) is 13.3 Å². The van der Waals surface area contributed by atoms with E-state index < -0.39 is 5.97 Å². The van der Waals surface area contributed by atoms with Gasteiger partial charge < -0.3 is 9.47 Å². The van der Waals surface area contributed by atoms with Crippen LogP contribution < -0.4 is 4.74 Å². The third-order valence-electron chi connectivity index (χ3n) is 2.22. The van der Waals surface area contributed by atoms with Crippen molar-refractivity contribution >= 4 is 11.8 Å². The van der Waals surface area contributed by atoms with Gasteiger partial charge in [-0.25, -0.2) is 4.79 Å². The normalized spacial score (nSPS) is 9.61. The fourth-order valence-electron chi connectivity index (χ4n) is 1.36. The number of rotatable bonds is 7. The van der Waals surface area contributed by atoms with E-state index in [1.807, 2.05) is 0 Å². The second-order valence-electron chi connectivity index (χ2n) is 3.63. The van der Waals surface area contributed by atoms with Crippen LogP contribution in [0.1, 0.15) is 23.7 Å². The molecule has 0 aliphatic rings. The van der Waals surface area contributed by atoms with Crippen LogP contribution in [0.3, 0.4) is 0 Å². The summed E-state index contributed by atoms with van der Waals surface area (Å²) >= 11 is 0. The Morgan fingerprint density at radius 3 is 2.67 bits per heavy atom. The summed E-state index contributed by atoms with van der Waals surface area (Å²) in [6, 6.07) is 7.05. The Morgan fingerprint density at radius 2 is 2.00 bits per heavy atom. The van der Waals surface area contributed by atoms with Gasteiger partial charge >= 0.3 is 5.97 Å². The average molecular weight is 248 g/mol. The largest absolute Gasteiger partial charge is 0.493 e. The second kappa shape index (κ2) is 7.27. The number of carbonyl (C=O) groups is 2. The average Bonchev–Trinajstić information content (AvgIpc) is 2.38. The lowest BCUT2D eigenvalue weighted by molar-refractivity contribution is -0.137. The standard InChI is InChI=1S/C14H16O4/c1-3-14(16)18-10-6-9-17-13-8-5-4-7-12(13)11(2)15/h3-5,7-8H,1,6,9-10H2,2H3. The van der Waals surface area contributed by atoms with Gasteiger partial charge in [0.1, 0.15) is 5.75 Å². The molecule has 0 aliphatic carbocycles. The van der Waals surface area contributed by atoms with Gasteiger partial charge in [0.05, 0.1) is 18.8 Å². The van der Waals surface area contributed by atoms with Crippen molar-refractivity contribution in [3.05, 3.63) is 42.5 Å². The van der Waals surface area contributed by atoms with E-state index in [9.17, 15) is 9.59 Å². The van der Waals surface area contributed by atoms with Crippen molar-refractivity contribution in [3.8, 4) is 5.75 Å². The molecule has 1 aromatic carbocycles. The monoisotopic (exact) mass is 248 g/mol. The molecule has 0 atom stereocenters. The molecule has 1 rings (SSSR count). The molecule has 0 aliphatic heterocycles. The first-order valence-corrected chi connectivity index (χ1v) is 5.67. The lowest BCUT2D eigenvalue weighted by atomic mass is 10.1. The maximum atomic E-state index is 11.3. The molecule has 0 bridgehead atoms. The molecule has 4 nitrogen and oxygen atoms in total. The minimum absolute atomic E-state index is 0.0383. The molecule has 0 fully saturated rings. The van der Waals surface area contributed by atoms with Gasteiger partial charge in [0.15, 0.2) is 5.78 Å². The minimum Gasteiger partial charge on any atom is -0.493 e. The predicted octanol–water partition coefficient (Wildman–Crippen LogP) is 2.39. The van der Waals surface area contributed by atoms with Gasteiger partial charge in [-0.15, -0.1) is 0 Å². The van der Waals surface area contributed by atoms with E-state index in [1.54, 1.807) is 24.3 Å². The third kappa shape index (κ3) is 4.41. The summed E-state index contributed by atoms with van der Waals surface area (Å²) in [5.74, 6) is 0.0721. The van der Waals surface area contributed by atoms with Crippen LogP contribution in [0.2, 0.25) is 0 Å². The van der Waals surface area contributed by atoms with Crippen LogP contribution in [0.5, 0.6) is 5.75 Å². The van der Waals surface area contributed by atoms with Crippen molar-refractivity contribution in [2.24, 2.45) is 0 Å². The van der Waals surface area contributed by atoms with Crippen molar-refractivity contribution < 1.29 is 19.1 Å². The molecule has 0 radical (unpaired) electrons. The third-order valence-corrected chi connectivity index (χ3v) is 2.22. The Morgan fingerprint density at radius 1 is 1.28 bits per heavy atom. The van der Waals surface area contributed by atoms with Crippen molar-refractivity contribution in [3.63, 3.8) is 0 Å². The SMILES string of the molecule is C=CC(=O)OCCCOc1ccccc1C(C)=O. The number of ketones is 1. The number of Topliss-reactive ketones (excluding diaryl/α,β-unsaturated/α-hetero) is 1. The van der Waals surface area contributed by atoms with Gasteiger partial charge in [-0.1, -0.05) is 18.7 Å². The zero-order valence-electron chi connectivity index (χ0n) is 10.3. The van der Waals surface area contributed by atoms with E-state index in [-0.39, 0.29) is 12.4 Å². The Kier molecular flexibility index (Phi) is 5.64. The number of ether oxygens (including phenoxy) is 2. The van der Waals surface area contributed by atoms with Crippen molar-refractivity contribution in [1.29, 1.82) is 0 Å². The van der Waals surface area contributed by atoms with Crippen LogP contribution >= 0.6 is 0 Å². The Labute approximate surface area is 106 Å². The number of para-hydroxylation sites is 1. The van der Waals surface area contributed by atoms with Gasteiger partial charge in [-0.2, -0.15) is 0 Å². The fourth-order valence-corrected chi connectivity index (χ4v) is 1.36. The molecule has 0 aromatic heterocycles. The maximum Gasteiger partial charge on any atom is 0.330 e. The summed E-state index contributed by atoms with van der Waals surface area (Å²) < 4.78 is 10.3. The maximum absolute atomic E-state index is 11.3. The summed E-state index contributed by atoms with van der Waals surface area (Å²) in [6.07, 6.45) is 1.68. The first kappa shape index (κ1) is 14.0. The summed E-state index contributed by atoms with van der Waals surface area (Å²) in [5.41, 5.74) is 0.556. The number of carbonyl (C=O) groups excluding carboxylic acids is 2. The van der Waals surface area contributed by atoms with E-state index in [0.29, 0.717) is 24.3 Å². The molecule has 0 amide bonds. The van der Waals surface area contributed by atoms with Crippen molar-refractivity contribution in [1.82, 2.24) is 0 Å². The molecule has 4 heteroatoms. The van der Waals surface area contributed by atoms with Gasteiger partial charge in [-0.3, -0.25) is 4.79 Å². The molecule has 0 saturated carbocycles. The van der Waals surface area contributed by atoms with Crippen molar-refractivity contribution in [2.75, 3.05) is 13.2 Å². The molecule has 0 N–H and O–H groups in total. The summed E-state index contributed by atoms with van der Waals surface area (Å²) in [7, 11) is 0. The minimum atomic E-state index is -0.445. The Hall–Kier alpha value is -2.10. The second-order valence-corrected chi connectivity index (χ2v) is 3.63. The van der Waals surface area contributed by atoms with Crippen LogP contribution in [-0.4, -0.2) is 25.0 Å².